The molecule has 0 saturated carbocycles. The molecule has 0 saturated heterocycles. The van der Waals surface area contributed by atoms with Crippen LogP contribution in [0.5, 0.6) is 0 Å². The Balaban J connectivity index is 1.89. The smallest absolute Gasteiger partial charge is 0.348 e. The van der Waals surface area contributed by atoms with Crippen LogP contribution in [0.4, 0.5) is 13.2 Å². The van der Waals surface area contributed by atoms with Crippen LogP contribution in [0.3, 0.4) is 0 Å². The van der Waals surface area contributed by atoms with E-state index < -0.39 is 17.9 Å². The molecule has 0 fully saturated rings. The number of aromatic nitrogens is 4. The van der Waals surface area contributed by atoms with Crippen molar-refractivity contribution in [3.05, 3.63) is 53.4 Å². The number of H-pyrrole nitrogens is 1. The molecule has 0 aliphatic carbocycles. The summed E-state index contributed by atoms with van der Waals surface area (Å²) in [5.74, 6) is 0. The van der Waals surface area contributed by atoms with Crippen molar-refractivity contribution in [3.8, 4) is 0 Å². The molecule has 3 aromatic rings. The average Bonchev–Trinajstić information content (AvgIpc) is 3.18. The van der Waals surface area contributed by atoms with E-state index in [9.17, 15) is 18.0 Å². The monoisotopic (exact) mass is 335 g/mol. The van der Waals surface area contributed by atoms with Gasteiger partial charge in [0.1, 0.15) is 11.7 Å². The van der Waals surface area contributed by atoms with E-state index in [0.29, 0.717) is 36.3 Å². The molecule has 0 radical (unpaired) electrons. The summed E-state index contributed by atoms with van der Waals surface area (Å²) in [5.41, 5.74) is 1.29. The number of imidazole rings is 1. The summed E-state index contributed by atoms with van der Waals surface area (Å²) in [5, 5.41) is 4.12. The fourth-order valence-corrected chi connectivity index (χ4v) is 3.10. The molecule has 1 unspecified atom stereocenters. The molecule has 1 atom stereocenters. The normalized spacial score (nSPS) is 18.0. The number of halogens is 3. The third kappa shape index (κ3) is 2.15. The van der Waals surface area contributed by atoms with Gasteiger partial charge in [0.2, 0.25) is 6.41 Å². The van der Waals surface area contributed by atoms with Crippen LogP contribution >= 0.6 is 0 Å². The third-order valence-corrected chi connectivity index (χ3v) is 4.17. The Bertz CT molecular complexity index is 913. The third-order valence-electron chi connectivity index (χ3n) is 4.17. The van der Waals surface area contributed by atoms with E-state index in [-0.39, 0.29) is 0 Å². The van der Waals surface area contributed by atoms with Crippen LogP contribution in [0.15, 0.2) is 30.6 Å². The second-order valence-electron chi connectivity index (χ2n) is 5.58. The van der Waals surface area contributed by atoms with Gasteiger partial charge in [-0.05, 0) is 18.2 Å². The summed E-state index contributed by atoms with van der Waals surface area (Å²) >= 11 is 0. The van der Waals surface area contributed by atoms with Gasteiger partial charge in [0.25, 0.3) is 0 Å². The summed E-state index contributed by atoms with van der Waals surface area (Å²) < 4.78 is 40.3. The van der Waals surface area contributed by atoms with E-state index in [4.69, 9.17) is 0 Å². The van der Waals surface area contributed by atoms with Crippen molar-refractivity contribution < 1.29 is 18.0 Å². The first-order valence-electron chi connectivity index (χ1n) is 7.28. The number of nitrogens with one attached hydrogen (secondary N) is 1. The predicted molar refractivity (Wildman–Crippen MR) is 77.1 cm³/mol. The van der Waals surface area contributed by atoms with E-state index in [2.05, 4.69) is 15.1 Å². The number of rotatable bonds is 2. The van der Waals surface area contributed by atoms with Crippen LogP contribution in [0, 0.1) is 0 Å². The fourth-order valence-electron chi connectivity index (χ4n) is 3.10. The Morgan fingerprint density at radius 1 is 1.33 bits per heavy atom. The minimum Gasteiger partial charge on any atom is -0.348 e. The van der Waals surface area contributed by atoms with Gasteiger partial charge in [-0.3, -0.25) is 4.79 Å². The lowest BCUT2D eigenvalue weighted by molar-refractivity contribution is -0.142. The van der Waals surface area contributed by atoms with Gasteiger partial charge in [-0.2, -0.15) is 18.3 Å². The van der Waals surface area contributed by atoms with Gasteiger partial charge in [-0.15, -0.1) is 0 Å². The lowest BCUT2D eigenvalue weighted by Crippen LogP contribution is -2.35. The van der Waals surface area contributed by atoms with Crippen LogP contribution in [0.25, 0.3) is 5.52 Å². The van der Waals surface area contributed by atoms with E-state index in [1.807, 2.05) is 0 Å². The minimum absolute atomic E-state index is 0.313. The van der Waals surface area contributed by atoms with Gasteiger partial charge in [-0.25, -0.2) is 9.50 Å². The van der Waals surface area contributed by atoms with Crippen LogP contribution < -0.4 is 0 Å². The van der Waals surface area contributed by atoms with Gasteiger partial charge < -0.3 is 9.88 Å². The maximum atomic E-state index is 13.2. The minimum atomic E-state index is -4.52. The number of carbonyl (C=O) groups is 1. The highest BCUT2D eigenvalue weighted by molar-refractivity contribution is 5.55. The number of nitrogens with zero attached hydrogens (tertiary/aromatic N) is 4. The summed E-state index contributed by atoms with van der Waals surface area (Å²) in [6.07, 6.45) is -1.71. The number of amides is 1. The Labute approximate surface area is 133 Å². The van der Waals surface area contributed by atoms with Crippen molar-refractivity contribution in [3.63, 3.8) is 0 Å². The first kappa shape index (κ1) is 14.7. The van der Waals surface area contributed by atoms with Crippen molar-refractivity contribution in [2.24, 2.45) is 0 Å². The standard InChI is InChI=1S/C15H12F3N5O/c16-15(17,18)12-3-1-2-9-6-11(21-23(9)12)14-13-10(19-7-20-13)4-5-22(14)8-24/h1-3,6-8,14H,4-5H2,(H,19,20). The molecule has 9 heteroatoms. The zero-order chi connectivity index (χ0) is 16.9. The highest BCUT2D eigenvalue weighted by atomic mass is 19.4. The molecule has 4 heterocycles. The quantitative estimate of drug-likeness (QED) is 0.730. The molecule has 0 aromatic carbocycles. The number of carbonyl (C=O) groups excluding carboxylic acids is 1. The first-order chi connectivity index (χ1) is 11.5. The Kier molecular flexibility index (Phi) is 3.12. The SMILES string of the molecule is O=CN1CCc2[nH]cnc2C1c1cc2cccc(C(F)(F)F)n2n1. The van der Waals surface area contributed by atoms with Crippen LogP contribution in [-0.2, 0) is 17.4 Å². The van der Waals surface area contributed by atoms with Gasteiger partial charge in [-0.1, -0.05) is 6.07 Å². The van der Waals surface area contributed by atoms with Crippen LogP contribution in [0.2, 0.25) is 0 Å². The van der Waals surface area contributed by atoms with Crippen molar-refractivity contribution in [1.82, 2.24) is 24.5 Å². The number of aromatic amines is 1. The average molecular weight is 335 g/mol. The molecule has 1 aliphatic rings. The molecule has 24 heavy (non-hydrogen) atoms. The number of alkyl halides is 3. The largest absolute Gasteiger partial charge is 0.433 e. The van der Waals surface area contributed by atoms with Gasteiger partial charge in [0.05, 0.1) is 23.2 Å². The second kappa shape index (κ2) is 5.08. The van der Waals surface area contributed by atoms with Gasteiger partial charge in [0, 0.05) is 18.7 Å². The molecule has 0 spiro atoms. The summed E-state index contributed by atoms with van der Waals surface area (Å²) in [7, 11) is 0. The number of pyridine rings is 1. The zero-order valence-corrected chi connectivity index (χ0v) is 12.3. The Morgan fingerprint density at radius 3 is 2.92 bits per heavy atom. The molecule has 124 valence electrons. The Morgan fingerprint density at radius 2 is 2.17 bits per heavy atom. The van der Waals surface area contributed by atoms with Gasteiger partial charge >= 0.3 is 6.18 Å². The molecule has 3 aromatic heterocycles. The molecule has 6 nitrogen and oxygen atoms in total. The molecule has 0 bridgehead atoms. The van der Waals surface area contributed by atoms with Gasteiger partial charge in [0.15, 0.2) is 0 Å². The second-order valence-corrected chi connectivity index (χ2v) is 5.58. The Hall–Kier alpha value is -2.84. The summed E-state index contributed by atoms with van der Waals surface area (Å²) in [6, 6.07) is 4.81. The topological polar surface area (TPSA) is 66.3 Å². The van der Waals surface area contributed by atoms with Crippen molar-refractivity contribution in [1.29, 1.82) is 0 Å². The molecule has 1 aliphatic heterocycles. The molecule has 1 amide bonds. The highest BCUT2D eigenvalue weighted by Crippen LogP contribution is 2.34. The van der Waals surface area contributed by atoms with E-state index >= 15 is 0 Å². The number of hydrogen-bond acceptors (Lipinski definition) is 3. The lowest BCUT2D eigenvalue weighted by Gasteiger charge is -2.30. The molecular formula is C15H12F3N5O. The molecule has 4 rings (SSSR count). The summed E-state index contributed by atoms with van der Waals surface area (Å²) in [6.45, 7) is 0.448. The van der Waals surface area contributed by atoms with E-state index in [1.54, 1.807) is 12.1 Å². The van der Waals surface area contributed by atoms with Crippen LogP contribution in [0.1, 0.15) is 28.8 Å². The molecular weight excluding hydrogens is 323 g/mol. The fraction of sp³-hybridized carbons (Fsp3) is 0.267. The van der Waals surface area contributed by atoms with Crippen molar-refractivity contribution in [2.45, 2.75) is 18.6 Å². The maximum absolute atomic E-state index is 13.2. The predicted octanol–water partition coefficient (Wildman–Crippen LogP) is 2.18. The van der Waals surface area contributed by atoms with Crippen LogP contribution in [-0.4, -0.2) is 37.4 Å². The zero-order valence-electron chi connectivity index (χ0n) is 12.3. The van der Waals surface area contributed by atoms with Crippen molar-refractivity contribution in [2.75, 3.05) is 6.54 Å². The number of fused-ring (bicyclic) bond motifs is 2. The first-order valence-corrected chi connectivity index (χ1v) is 7.28. The molecule has 1 N–H and O–H groups in total. The van der Waals surface area contributed by atoms with E-state index in [1.165, 1.54) is 17.3 Å². The lowest BCUT2D eigenvalue weighted by atomic mass is 10.0. The summed E-state index contributed by atoms with van der Waals surface area (Å²) in [4.78, 5) is 20.1. The highest BCUT2D eigenvalue weighted by Gasteiger charge is 2.36. The maximum Gasteiger partial charge on any atom is 0.433 e. The van der Waals surface area contributed by atoms with E-state index in [0.717, 1.165) is 16.3 Å². The number of hydrogen-bond donors (Lipinski definition) is 1. The van der Waals surface area contributed by atoms with Crippen molar-refractivity contribution >= 4 is 11.9 Å².